The number of carbonyl (C=O) groups is 1. The van der Waals surface area contributed by atoms with Gasteiger partial charge in [-0.15, -0.1) is 0 Å². The Bertz CT molecular complexity index is 1240. The van der Waals surface area contributed by atoms with Crippen LogP contribution in [0.4, 0.5) is 17.1 Å². The standard InChI is InChI=1S/C25H26ClN3O3S/c1-2-18-5-7-19(8-6-18)25(30)27-23-17-22(13-14-24(23)29-15-3-4-16-29)33(31,32)28-21-11-9-20(26)10-12-21/h5-14,17,28H,2-4,15-16H2,1H3,(H,27,30). The molecule has 0 aromatic heterocycles. The first-order valence-electron chi connectivity index (χ1n) is 10.9. The van der Waals surface area contributed by atoms with Crippen molar-refractivity contribution < 1.29 is 13.2 Å². The third kappa shape index (κ3) is 5.49. The molecule has 0 aliphatic carbocycles. The zero-order valence-electron chi connectivity index (χ0n) is 18.3. The van der Waals surface area contributed by atoms with Crippen molar-refractivity contribution in [1.82, 2.24) is 0 Å². The number of anilines is 3. The lowest BCUT2D eigenvalue weighted by molar-refractivity contribution is 0.102. The molecule has 1 saturated heterocycles. The molecule has 8 heteroatoms. The third-order valence-electron chi connectivity index (χ3n) is 5.69. The molecule has 1 heterocycles. The van der Waals surface area contributed by atoms with Gasteiger partial charge < -0.3 is 10.2 Å². The lowest BCUT2D eigenvalue weighted by Crippen LogP contribution is -2.22. The molecule has 0 unspecified atom stereocenters. The highest BCUT2D eigenvalue weighted by Gasteiger charge is 2.22. The van der Waals surface area contributed by atoms with Crippen molar-refractivity contribution in [3.05, 3.63) is 82.9 Å². The predicted octanol–water partition coefficient (Wildman–Crippen LogP) is 5.56. The Hall–Kier alpha value is -3.03. The van der Waals surface area contributed by atoms with Gasteiger partial charge in [0.15, 0.2) is 0 Å². The van der Waals surface area contributed by atoms with Crippen molar-refractivity contribution in [3.63, 3.8) is 0 Å². The minimum atomic E-state index is -3.86. The van der Waals surface area contributed by atoms with E-state index in [2.05, 4.69) is 21.9 Å². The maximum Gasteiger partial charge on any atom is 0.261 e. The number of sulfonamides is 1. The van der Waals surface area contributed by atoms with Crippen molar-refractivity contribution in [3.8, 4) is 0 Å². The average molecular weight is 484 g/mol. The lowest BCUT2D eigenvalue weighted by Gasteiger charge is -2.22. The molecule has 0 atom stereocenters. The summed E-state index contributed by atoms with van der Waals surface area (Å²) in [5.41, 5.74) is 3.36. The molecule has 4 rings (SSSR count). The largest absolute Gasteiger partial charge is 0.370 e. The van der Waals surface area contributed by atoms with Crippen LogP contribution in [0.15, 0.2) is 71.6 Å². The van der Waals surface area contributed by atoms with Gasteiger partial charge in [0.2, 0.25) is 0 Å². The van der Waals surface area contributed by atoms with E-state index in [0.717, 1.165) is 43.6 Å². The van der Waals surface area contributed by atoms with E-state index in [1.807, 2.05) is 12.1 Å². The Morgan fingerprint density at radius 3 is 2.27 bits per heavy atom. The van der Waals surface area contributed by atoms with Gasteiger partial charge in [-0.3, -0.25) is 9.52 Å². The summed E-state index contributed by atoms with van der Waals surface area (Å²) in [6, 6.07) is 18.7. The number of benzene rings is 3. The normalized spacial score (nSPS) is 13.7. The van der Waals surface area contributed by atoms with E-state index in [4.69, 9.17) is 11.6 Å². The molecule has 1 amide bonds. The van der Waals surface area contributed by atoms with Crippen molar-refractivity contribution in [2.45, 2.75) is 31.1 Å². The van der Waals surface area contributed by atoms with Crippen LogP contribution in [0.25, 0.3) is 0 Å². The summed E-state index contributed by atoms with van der Waals surface area (Å²) in [7, 11) is -3.86. The summed E-state index contributed by atoms with van der Waals surface area (Å²) in [6.07, 6.45) is 3.01. The number of rotatable bonds is 7. The van der Waals surface area contributed by atoms with Gasteiger partial charge >= 0.3 is 0 Å². The van der Waals surface area contributed by atoms with Crippen LogP contribution < -0.4 is 14.9 Å². The van der Waals surface area contributed by atoms with Gasteiger partial charge in [-0.05, 0) is 79.4 Å². The van der Waals surface area contributed by atoms with Crippen molar-refractivity contribution >= 4 is 44.6 Å². The second-order valence-electron chi connectivity index (χ2n) is 7.99. The van der Waals surface area contributed by atoms with Gasteiger partial charge in [0.05, 0.1) is 16.3 Å². The number of hydrogen-bond donors (Lipinski definition) is 2. The molecule has 172 valence electrons. The van der Waals surface area contributed by atoms with Crippen LogP contribution in [-0.4, -0.2) is 27.4 Å². The smallest absolute Gasteiger partial charge is 0.261 e. The number of carbonyl (C=O) groups excluding carboxylic acids is 1. The molecule has 3 aromatic rings. The van der Waals surface area contributed by atoms with Gasteiger partial charge in [0.1, 0.15) is 0 Å². The molecular formula is C25H26ClN3O3S. The molecule has 3 aromatic carbocycles. The molecule has 2 N–H and O–H groups in total. The van der Waals surface area contributed by atoms with E-state index in [9.17, 15) is 13.2 Å². The predicted molar refractivity (Wildman–Crippen MR) is 134 cm³/mol. The molecule has 0 bridgehead atoms. The Morgan fingerprint density at radius 1 is 0.970 bits per heavy atom. The molecule has 1 aliphatic heterocycles. The molecule has 1 fully saturated rings. The van der Waals surface area contributed by atoms with Gasteiger partial charge in [-0.2, -0.15) is 0 Å². The van der Waals surface area contributed by atoms with Gasteiger partial charge in [-0.25, -0.2) is 8.42 Å². The van der Waals surface area contributed by atoms with E-state index in [0.29, 0.717) is 22.0 Å². The van der Waals surface area contributed by atoms with Gasteiger partial charge in [0, 0.05) is 29.4 Å². The number of aryl methyl sites for hydroxylation is 1. The minimum absolute atomic E-state index is 0.0667. The molecule has 33 heavy (non-hydrogen) atoms. The fourth-order valence-electron chi connectivity index (χ4n) is 3.83. The average Bonchev–Trinajstić information content (AvgIpc) is 3.35. The first-order valence-corrected chi connectivity index (χ1v) is 12.8. The minimum Gasteiger partial charge on any atom is -0.370 e. The number of nitrogens with zero attached hydrogens (tertiary/aromatic N) is 1. The molecule has 6 nitrogen and oxygen atoms in total. The van der Waals surface area contributed by atoms with Crippen molar-refractivity contribution in [2.24, 2.45) is 0 Å². The SMILES string of the molecule is CCc1ccc(C(=O)Nc2cc(S(=O)(=O)Nc3ccc(Cl)cc3)ccc2N2CCCC2)cc1. The van der Waals surface area contributed by atoms with E-state index >= 15 is 0 Å². The Labute approximate surface area is 199 Å². The Kier molecular flexibility index (Phi) is 6.91. The van der Waals surface area contributed by atoms with Crippen LogP contribution in [0.1, 0.15) is 35.7 Å². The number of amides is 1. The number of halogens is 1. The third-order valence-corrected chi connectivity index (χ3v) is 7.33. The molecule has 0 spiro atoms. The highest BCUT2D eigenvalue weighted by atomic mass is 35.5. The molecule has 0 saturated carbocycles. The second kappa shape index (κ2) is 9.85. The summed E-state index contributed by atoms with van der Waals surface area (Å²) in [6.45, 7) is 3.79. The molecule has 0 radical (unpaired) electrons. The van der Waals surface area contributed by atoms with Crippen LogP contribution in [0.2, 0.25) is 5.02 Å². The fourth-order valence-corrected chi connectivity index (χ4v) is 5.04. The Morgan fingerprint density at radius 2 is 1.64 bits per heavy atom. The van der Waals surface area contributed by atoms with E-state index in [1.165, 1.54) is 6.07 Å². The van der Waals surface area contributed by atoms with Crippen molar-refractivity contribution in [1.29, 1.82) is 0 Å². The van der Waals surface area contributed by atoms with Gasteiger partial charge in [0.25, 0.3) is 15.9 Å². The van der Waals surface area contributed by atoms with Crippen LogP contribution in [0.5, 0.6) is 0 Å². The summed E-state index contributed by atoms with van der Waals surface area (Å²) in [4.78, 5) is 15.2. The number of nitrogens with one attached hydrogen (secondary N) is 2. The van der Waals surface area contributed by atoms with Crippen LogP contribution in [-0.2, 0) is 16.4 Å². The molecule has 1 aliphatic rings. The van der Waals surface area contributed by atoms with Crippen LogP contribution >= 0.6 is 11.6 Å². The monoisotopic (exact) mass is 483 g/mol. The summed E-state index contributed by atoms with van der Waals surface area (Å²) in [5, 5.41) is 3.45. The quantitative estimate of drug-likeness (QED) is 0.461. The maximum absolute atomic E-state index is 13.0. The van der Waals surface area contributed by atoms with Crippen molar-refractivity contribution in [2.75, 3.05) is 28.0 Å². The zero-order chi connectivity index (χ0) is 23.4. The number of hydrogen-bond acceptors (Lipinski definition) is 4. The molecular weight excluding hydrogens is 458 g/mol. The highest BCUT2D eigenvalue weighted by Crippen LogP contribution is 2.32. The zero-order valence-corrected chi connectivity index (χ0v) is 19.9. The first kappa shape index (κ1) is 23.1. The highest BCUT2D eigenvalue weighted by molar-refractivity contribution is 7.92. The van der Waals surface area contributed by atoms with Crippen LogP contribution in [0, 0.1) is 0 Å². The summed E-state index contributed by atoms with van der Waals surface area (Å²) >= 11 is 5.89. The van der Waals surface area contributed by atoms with E-state index in [1.54, 1.807) is 48.5 Å². The fraction of sp³-hybridized carbons (Fsp3) is 0.240. The Balaban J connectivity index is 1.65. The van der Waals surface area contributed by atoms with E-state index < -0.39 is 10.0 Å². The van der Waals surface area contributed by atoms with E-state index in [-0.39, 0.29) is 10.8 Å². The van der Waals surface area contributed by atoms with Gasteiger partial charge in [-0.1, -0.05) is 30.7 Å². The second-order valence-corrected chi connectivity index (χ2v) is 10.1. The first-order chi connectivity index (χ1) is 15.9. The van der Waals surface area contributed by atoms with Crippen LogP contribution in [0.3, 0.4) is 0 Å². The topological polar surface area (TPSA) is 78.5 Å². The summed E-state index contributed by atoms with van der Waals surface area (Å²) in [5.74, 6) is -0.279. The summed E-state index contributed by atoms with van der Waals surface area (Å²) < 4.78 is 28.6. The maximum atomic E-state index is 13.0. The lowest BCUT2D eigenvalue weighted by atomic mass is 10.1.